The van der Waals surface area contributed by atoms with Gasteiger partial charge in [-0.15, -0.1) is 0 Å². The number of halogens is 1. The van der Waals surface area contributed by atoms with Gasteiger partial charge in [0.05, 0.1) is 32.7 Å². The molecule has 1 N–H and O–H groups in total. The molecule has 1 amide bonds. The lowest BCUT2D eigenvalue weighted by atomic mass is 10.2. The lowest BCUT2D eigenvalue weighted by molar-refractivity contribution is -0.892. The first-order valence-electron chi connectivity index (χ1n) is 10.0. The number of carbonyl (C=O) groups excluding carboxylic acids is 1. The predicted octanol–water partition coefficient (Wildman–Crippen LogP) is 1.34. The van der Waals surface area contributed by atoms with E-state index in [1.54, 1.807) is 4.90 Å². The largest absolute Gasteiger partial charge is 0.486 e. The minimum absolute atomic E-state index is 0.138. The number of benzene rings is 2. The molecule has 0 spiro atoms. The second kappa shape index (κ2) is 8.93. The Bertz CT molecular complexity index is 855. The van der Waals surface area contributed by atoms with Gasteiger partial charge >= 0.3 is 0 Å². The highest BCUT2D eigenvalue weighted by Crippen LogP contribution is 2.30. The van der Waals surface area contributed by atoms with Crippen LogP contribution in [0, 0.1) is 0 Å². The number of likely N-dealkylation sites (N-methyl/N-ethyl adjacent to an activating group) is 1. The van der Waals surface area contributed by atoms with Crippen molar-refractivity contribution in [2.45, 2.75) is 6.10 Å². The van der Waals surface area contributed by atoms with Crippen molar-refractivity contribution in [3.05, 3.63) is 53.6 Å². The van der Waals surface area contributed by atoms with Crippen LogP contribution in [0.2, 0.25) is 5.02 Å². The fraction of sp³-hybridized carbons (Fsp3) is 0.409. The maximum atomic E-state index is 12.7. The molecule has 0 aromatic heterocycles. The number of hydrogen-bond donors (Lipinski definition) is 1. The van der Waals surface area contributed by atoms with Gasteiger partial charge in [-0.25, -0.2) is 0 Å². The van der Waals surface area contributed by atoms with E-state index in [-0.39, 0.29) is 12.0 Å². The highest BCUT2D eigenvalue weighted by Gasteiger charge is 2.27. The Morgan fingerprint density at radius 2 is 1.93 bits per heavy atom. The van der Waals surface area contributed by atoms with Crippen molar-refractivity contribution in [3.8, 4) is 11.5 Å². The highest BCUT2D eigenvalue weighted by atomic mass is 35.5. The fourth-order valence-electron chi connectivity index (χ4n) is 3.84. The lowest BCUT2D eigenvalue weighted by Gasteiger charge is -2.34. The van der Waals surface area contributed by atoms with Gasteiger partial charge < -0.3 is 24.2 Å². The van der Waals surface area contributed by atoms with Crippen molar-refractivity contribution in [1.29, 1.82) is 0 Å². The van der Waals surface area contributed by atoms with E-state index in [0.29, 0.717) is 19.7 Å². The van der Waals surface area contributed by atoms with Gasteiger partial charge in [0.15, 0.2) is 24.1 Å². The zero-order valence-corrected chi connectivity index (χ0v) is 17.4. The highest BCUT2D eigenvalue weighted by molar-refractivity contribution is 6.30. The van der Waals surface area contributed by atoms with Crippen molar-refractivity contribution in [3.63, 3.8) is 0 Å². The smallest absolute Gasteiger partial charge is 0.277 e. The van der Waals surface area contributed by atoms with Gasteiger partial charge in [0.25, 0.3) is 5.91 Å². The molecule has 0 radical (unpaired) electrons. The number of ether oxygens (including phenoxy) is 2. The summed E-state index contributed by atoms with van der Waals surface area (Å²) in [5.74, 6) is 1.64. The minimum Gasteiger partial charge on any atom is -0.486 e. The number of amides is 1. The number of fused-ring (bicyclic) bond motifs is 1. The van der Waals surface area contributed by atoms with Gasteiger partial charge in [-0.1, -0.05) is 29.8 Å². The second-order valence-electron chi connectivity index (χ2n) is 7.67. The Balaban J connectivity index is 1.24. The molecule has 2 aromatic carbocycles. The zero-order valence-electron chi connectivity index (χ0n) is 16.6. The van der Waals surface area contributed by atoms with E-state index < -0.39 is 0 Å². The third kappa shape index (κ3) is 4.95. The summed E-state index contributed by atoms with van der Waals surface area (Å²) < 4.78 is 11.7. The molecule has 2 aromatic rings. The van der Waals surface area contributed by atoms with E-state index >= 15 is 0 Å². The Morgan fingerprint density at radius 3 is 2.69 bits per heavy atom. The van der Waals surface area contributed by atoms with Crippen LogP contribution in [0.15, 0.2) is 48.5 Å². The molecule has 29 heavy (non-hydrogen) atoms. The summed E-state index contributed by atoms with van der Waals surface area (Å²) in [5, 5.41) is 0.755. The summed E-state index contributed by atoms with van der Waals surface area (Å²) in [6.07, 6.45) is -0.145. The Kier molecular flexibility index (Phi) is 6.11. The van der Waals surface area contributed by atoms with E-state index in [9.17, 15) is 4.79 Å². The molecule has 2 heterocycles. The Hall–Kier alpha value is -2.44. The molecular formula is C22H27ClN3O3+. The van der Waals surface area contributed by atoms with Gasteiger partial charge in [-0.2, -0.15) is 0 Å². The molecule has 4 rings (SSSR count). The van der Waals surface area contributed by atoms with Gasteiger partial charge in [-0.3, -0.25) is 4.79 Å². The number of nitrogens with zero attached hydrogens (tertiary/aromatic N) is 2. The number of rotatable bonds is 5. The molecule has 0 aliphatic carbocycles. The molecule has 6 nitrogen and oxygen atoms in total. The van der Waals surface area contributed by atoms with Gasteiger partial charge in [-0.05, 0) is 30.3 Å². The van der Waals surface area contributed by atoms with E-state index in [1.165, 1.54) is 4.90 Å². The molecule has 0 unspecified atom stereocenters. The lowest BCUT2D eigenvalue weighted by Crippen LogP contribution is -3.15. The van der Waals surface area contributed by atoms with Gasteiger partial charge in [0.1, 0.15) is 6.61 Å². The van der Waals surface area contributed by atoms with Crippen LogP contribution in [-0.2, 0) is 4.79 Å². The number of anilines is 1. The summed E-state index contributed by atoms with van der Waals surface area (Å²) >= 11 is 6.10. The van der Waals surface area contributed by atoms with Crippen LogP contribution in [0.4, 0.5) is 5.69 Å². The Morgan fingerprint density at radius 1 is 1.17 bits per heavy atom. The van der Waals surface area contributed by atoms with Crippen molar-refractivity contribution in [1.82, 2.24) is 4.90 Å². The van der Waals surface area contributed by atoms with E-state index in [1.807, 2.05) is 49.5 Å². The standard InChI is InChI=1S/C22H26ClN3O3/c1-24(14-19-16-28-20-7-2-3-8-21(20)29-19)22(27)15-25-9-11-26(12-10-25)18-6-4-5-17(23)13-18/h2-8,13,19H,9-12,14-16H2,1H3/p+1/t19-/m1/s1. The maximum absolute atomic E-state index is 12.7. The SMILES string of the molecule is CN(C[C@@H]1COc2ccccc2O1)C(=O)C[NH+]1CCN(c2cccc(Cl)c2)CC1. The molecule has 1 atom stereocenters. The van der Waals surface area contributed by atoms with E-state index in [0.717, 1.165) is 48.4 Å². The van der Waals surface area contributed by atoms with Crippen LogP contribution in [0.1, 0.15) is 0 Å². The number of carbonyl (C=O) groups is 1. The normalized spacial score (nSPS) is 19.1. The third-order valence-corrected chi connectivity index (χ3v) is 5.75. The topological polar surface area (TPSA) is 46.5 Å². The molecule has 1 saturated heterocycles. The molecule has 7 heteroatoms. The molecule has 0 saturated carbocycles. The first kappa shape index (κ1) is 19.9. The summed E-state index contributed by atoms with van der Waals surface area (Å²) in [6, 6.07) is 15.6. The monoisotopic (exact) mass is 416 g/mol. The molecular weight excluding hydrogens is 390 g/mol. The maximum Gasteiger partial charge on any atom is 0.277 e. The molecule has 2 aliphatic rings. The number of piperazine rings is 1. The quantitative estimate of drug-likeness (QED) is 0.799. The summed E-state index contributed by atoms with van der Waals surface area (Å²) in [6.45, 7) is 5.19. The van der Waals surface area contributed by atoms with Crippen LogP contribution in [0.25, 0.3) is 0 Å². The molecule has 154 valence electrons. The second-order valence-corrected chi connectivity index (χ2v) is 8.10. The van der Waals surface area contributed by atoms with Crippen molar-refractivity contribution < 1.29 is 19.2 Å². The first-order chi connectivity index (χ1) is 14.1. The van der Waals surface area contributed by atoms with Crippen LogP contribution >= 0.6 is 11.6 Å². The first-order valence-corrected chi connectivity index (χ1v) is 10.4. The average molecular weight is 417 g/mol. The third-order valence-electron chi connectivity index (χ3n) is 5.52. The molecule has 1 fully saturated rings. The van der Waals surface area contributed by atoms with Crippen molar-refractivity contribution in [2.75, 3.05) is 57.8 Å². The van der Waals surface area contributed by atoms with Crippen LogP contribution in [0.3, 0.4) is 0 Å². The number of nitrogens with one attached hydrogen (secondary N) is 1. The van der Waals surface area contributed by atoms with Gasteiger partial charge in [0, 0.05) is 17.8 Å². The Labute approximate surface area is 176 Å². The van der Waals surface area contributed by atoms with Crippen LogP contribution < -0.4 is 19.3 Å². The average Bonchev–Trinajstić information content (AvgIpc) is 2.74. The van der Waals surface area contributed by atoms with E-state index in [4.69, 9.17) is 21.1 Å². The summed E-state index contributed by atoms with van der Waals surface area (Å²) in [4.78, 5) is 18.1. The van der Waals surface area contributed by atoms with Crippen molar-refractivity contribution >= 4 is 23.2 Å². The van der Waals surface area contributed by atoms with Crippen LogP contribution in [-0.4, -0.2) is 69.8 Å². The molecule has 0 bridgehead atoms. The summed E-state index contributed by atoms with van der Waals surface area (Å²) in [5.41, 5.74) is 1.15. The zero-order chi connectivity index (χ0) is 20.2. The van der Waals surface area contributed by atoms with E-state index in [2.05, 4.69) is 11.0 Å². The number of quaternary nitrogens is 1. The number of hydrogen-bond acceptors (Lipinski definition) is 4. The molecule has 2 aliphatic heterocycles. The summed E-state index contributed by atoms with van der Waals surface area (Å²) in [7, 11) is 1.84. The van der Waals surface area contributed by atoms with Crippen LogP contribution in [0.5, 0.6) is 11.5 Å². The van der Waals surface area contributed by atoms with Crippen molar-refractivity contribution in [2.24, 2.45) is 0 Å². The predicted molar refractivity (Wildman–Crippen MR) is 113 cm³/mol. The van der Waals surface area contributed by atoms with Gasteiger partial charge in [0.2, 0.25) is 0 Å². The number of para-hydroxylation sites is 2. The minimum atomic E-state index is -0.145. The fourth-order valence-corrected chi connectivity index (χ4v) is 4.02.